The summed E-state index contributed by atoms with van der Waals surface area (Å²) in [7, 11) is 3.96. The van der Waals surface area contributed by atoms with Crippen LogP contribution >= 0.6 is 0 Å². The van der Waals surface area contributed by atoms with E-state index < -0.39 is 5.60 Å². The second kappa shape index (κ2) is 7.85. The number of benzene rings is 1. The largest absolute Gasteiger partial charge is 0.388 e. The van der Waals surface area contributed by atoms with E-state index >= 15 is 0 Å². The van der Waals surface area contributed by atoms with Crippen molar-refractivity contribution in [2.24, 2.45) is 0 Å². The number of likely N-dealkylation sites (N-methyl/N-ethyl adjacent to an activating group) is 2. The monoisotopic (exact) mass is 345 g/mol. The molecule has 2 aliphatic rings. The molecule has 1 aromatic rings. The van der Waals surface area contributed by atoms with Crippen molar-refractivity contribution >= 4 is 5.91 Å². The third-order valence-electron chi connectivity index (χ3n) is 5.69. The maximum Gasteiger partial charge on any atom is 0.244 e. The smallest absolute Gasteiger partial charge is 0.244 e. The van der Waals surface area contributed by atoms with E-state index in [4.69, 9.17) is 0 Å². The Morgan fingerprint density at radius 1 is 1.16 bits per heavy atom. The van der Waals surface area contributed by atoms with Gasteiger partial charge in [-0.05, 0) is 25.5 Å². The summed E-state index contributed by atoms with van der Waals surface area (Å²) in [6.45, 7) is 4.16. The first-order valence-corrected chi connectivity index (χ1v) is 9.43. The lowest BCUT2D eigenvalue weighted by atomic mass is 9.99. The van der Waals surface area contributed by atoms with Crippen LogP contribution in [0.2, 0.25) is 0 Å². The summed E-state index contributed by atoms with van der Waals surface area (Å²) in [5.41, 5.74) is 0.343. The summed E-state index contributed by atoms with van der Waals surface area (Å²) >= 11 is 0. The molecule has 1 amide bonds. The molecule has 1 N–H and O–H groups in total. The molecule has 138 valence electrons. The Morgan fingerprint density at radius 2 is 1.76 bits per heavy atom. The van der Waals surface area contributed by atoms with Crippen molar-refractivity contribution in [2.75, 3.05) is 46.8 Å². The minimum absolute atomic E-state index is 0.0936. The summed E-state index contributed by atoms with van der Waals surface area (Å²) < 4.78 is 0. The maximum absolute atomic E-state index is 13.3. The van der Waals surface area contributed by atoms with Crippen molar-refractivity contribution in [3.8, 4) is 0 Å². The minimum Gasteiger partial charge on any atom is -0.388 e. The molecular formula is C20H31N3O2. The Morgan fingerprint density at radius 3 is 2.36 bits per heavy atom. The van der Waals surface area contributed by atoms with E-state index in [1.165, 1.54) is 0 Å². The maximum atomic E-state index is 13.3. The molecule has 5 heteroatoms. The third-order valence-corrected chi connectivity index (χ3v) is 5.69. The lowest BCUT2D eigenvalue weighted by Crippen LogP contribution is -2.52. The predicted octanol–water partition coefficient (Wildman–Crippen LogP) is 1.74. The summed E-state index contributed by atoms with van der Waals surface area (Å²) in [4.78, 5) is 19.6. The highest BCUT2D eigenvalue weighted by molar-refractivity contribution is 5.83. The number of carbonyl (C=O) groups excluding carboxylic acids is 1. The molecular weight excluding hydrogens is 314 g/mol. The number of rotatable bonds is 5. The lowest BCUT2D eigenvalue weighted by Gasteiger charge is -2.39. The van der Waals surface area contributed by atoms with Crippen LogP contribution in [0.15, 0.2) is 30.3 Å². The van der Waals surface area contributed by atoms with Crippen molar-refractivity contribution < 1.29 is 9.90 Å². The van der Waals surface area contributed by atoms with E-state index in [1.807, 2.05) is 37.4 Å². The number of piperazine rings is 1. The van der Waals surface area contributed by atoms with Gasteiger partial charge in [0.05, 0.1) is 5.60 Å². The van der Waals surface area contributed by atoms with Crippen LogP contribution in [0.25, 0.3) is 0 Å². The van der Waals surface area contributed by atoms with Crippen molar-refractivity contribution in [1.82, 2.24) is 14.7 Å². The van der Waals surface area contributed by atoms with E-state index in [2.05, 4.69) is 16.8 Å². The van der Waals surface area contributed by atoms with Gasteiger partial charge in [-0.15, -0.1) is 0 Å². The molecule has 1 aliphatic carbocycles. The van der Waals surface area contributed by atoms with Gasteiger partial charge in [0.2, 0.25) is 5.91 Å². The van der Waals surface area contributed by atoms with E-state index in [-0.39, 0.29) is 11.9 Å². The Bertz CT molecular complexity index is 564. The molecule has 5 nitrogen and oxygen atoms in total. The molecule has 1 saturated heterocycles. The van der Waals surface area contributed by atoms with Crippen molar-refractivity contribution in [2.45, 2.75) is 37.3 Å². The summed E-state index contributed by atoms with van der Waals surface area (Å²) in [5, 5.41) is 10.7. The van der Waals surface area contributed by atoms with Crippen LogP contribution in [-0.4, -0.2) is 78.1 Å². The van der Waals surface area contributed by atoms with Crippen molar-refractivity contribution in [3.05, 3.63) is 35.9 Å². The highest BCUT2D eigenvalue weighted by Gasteiger charge is 2.37. The molecule has 1 aliphatic heterocycles. The fourth-order valence-corrected chi connectivity index (χ4v) is 4.14. The van der Waals surface area contributed by atoms with Crippen LogP contribution in [0.1, 0.15) is 37.3 Å². The van der Waals surface area contributed by atoms with Gasteiger partial charge in [0.15, 0.2) is 0 Å². The number of hydrogen-bond donors (Lipinski definition) is 1. The highest BCUT2D eigenvalue weighted by Crippen LogP contribution is 2.31. The molecule has 0 aromatic heterocycles. The van der Waals surface area contributed by atoms with Gasteiger partial charge in [0, 0.05) is 39.8 Å². The zero-order valence-corrected chi connectivity index (χ0v) is 15.5. The number of amides is 1. The summed E-state index contributed by atoms with van der Waals surface area (Å²) in [6, 6.07) is 9.80. The van der Waals surface area contributed by atoms with Gasteiger partial charge in [0.1, 0.15) is 6.04 Å². The first-order chi connectivity index (χ1) is 12.0. The van der Waals surface area contributed by atoms with E-state index in [0.29, 0.717) is 6.54 Å². The minimum atomic E-state index is -0.701. The van der Waals surface area contributed by atoms with Gasteiger partial charge in [-0.1, -0.05) is 43.2 Å². The SMILES string of the molecule is CN1CCN(C(C(=O)N(C)CC2(O)CCCC2)c2ccccc2)CC1. The molecule has 1 saturated carbocycles. The molecule has 1 aromatic carbocycles. The molecule has 0 bridgehead atoms. The average Bonchev–Trinajstić information content (AvgIpc) is 3.04. The number of hydrogen-bond acceptors (Lipinski definition) is 4. The fraction of sp³-hybridized carbons (Fsp3) is 0.650. The van der Waals surface area contributed by atoms with Crippen LogP contribution in [0.4, 0.5) is 0 Å². The van der Waals surface area contributed by atoms with Crippen molar-refractivity contribution in [3.63, 3.8) is 0 Å². The van der Waals surface area contributed by atoms with Crippen LogP contribution in [0.5, 0.6) is 0 Å². The molecule has 25 heavy (non-hydrogen) atoms. The standard InChI is InChI=1S/C20H31N3O2/c1-21-12-14-23(15-13-21)18(17-8-4-3-5-9-17)19(24)22(2)16-20(25)10-6-7-11-20/h3-5,8-9,18,25H,6-7,10-16H2,1-2H3. The summed E-state index contributed by atoms with van der Waals surface area (Å²) in [6.07, 6.45) is 3.71. The molecule has 3 rings (SSSR count). The first kappa shape index (κ1) is 18.4. The lowest BCUT2D eigenvalue weighted by molar-refractivity contribution is -0.140. The van der Waals surface area contributed by atoms with E-state index in [0.717, 1.165) is 57.4 Å². The van der Waals surface area contributed by atoms with Crippen molar-refractivity contribution in [1.29, 1.82) is 0 Å². The first-order valence-electron chi connectivity index (χ1n) is 9.43. The highest BCUT2D eigenvalue weighted by atomic mass is 16.3. The molecule has 1 heterocycles. The number of nitrogens with zero attached hydrogens (tertiary/aromatic N) is 3. The Labute approximate surface area is 151 Å². The quantitative estimate of drug-likeness (QED) is 0.883. The molecule has 2 fully saturated rings. The molecule has 0 radical (unpaired) electrons. The van der Waals surface area contributed by atoms with Gasteiger partial charge < -0.3 is 14.9 Å². The normalized spacial score (nSPS) is 22.7. The van der Waals surface area contributed by atoms with Crippen LogP contribution in [0.3, 0.4) is 0 Å². The summed E-state index contributed by atoms with van der Waals surface area (Å²) in [5.74, 6) is 0.0936. The Hall–Kier alpha value is -1.43. The Balaban J connectivity index is 1.77. The van der Waals surface area contributed by atoms with Gasteiger partial charge in [-0.3, -0.25) is 9.69 Å². The molecule has 0 spiro atoms. The molecule has 1 atom stereocenters. The number of aliphatic hydroxyl groups is 1. The topological polar surface area (TPSA) is 47.0 Å². The van der Waals surface area contributed by atoms with E-state index in [9.17, 15) is 9.90 Å². The van der Waals surface area contributed by atoms with Crippen LogP contribution < -0.4 is 0 Å². The predicted molar refractivity (Wildman–Crippen MR) is 99.3 cm³/mol. The van der Waals surface area contributed by atoms with Crippen LogP contribution in [0, 0.1) is 0 Å². The van der Waals surface area contributed by atoms with Gasteiger partial charge >= 0.3 is 0 Å². The number of carbonyl (C=O) groups is 1. The van der Waals surface area contributed by atoms with E-state index in [1.54, 1.807) is 4.90 Å². The third kappa shape index (κ3) is 4.40. The zero-order chi connectivity index (χ0) is 17.9. The van der Waals surface area contributed by atoms with Gasteiger partial charge in [-0.25, -0.2) is 0 Å². The molecule has 1 unspecified atom stereocenters. The zero-order valence-electron chi connectivity index (χ0n) is 15.5. The van der Waals surface area contributed by atoms with Gasteiger partial charge in [0.25, 0.3) is 0 Å². The van der Waals surface area contributed by atoms with Gasteiger partial charge in [-0.2, -0.15) is 0 Å². The Kier molecular flexibility index (Phi) is 5.77. The fourth-order valence-electron chi connectivity index (χ4n) is 4.14. The average molecular weight is 345 g/mol. The second-order valence-electron chi connectivity index (χ2n) is 7.78. The second-order valence-corrected chi connectivity index (χ2v) is 7.78. The van der Waals surface area contributed by atoms with Crippen LogP contribution in [-0.2, 0) is 4.79 Å².